The van der Waals surface area contributed by atoms with Crippen LogP contribution < -0.4 is 10.6 Å². The molecule has 1 aromatic rings. The van der Waals surface area contributed by atoms with Crippen LogP contribution in [-0.2, 0) is 35.1 Å². The lowest BCUT2D eigenvalue weighted by molar-refractivity contribution is -0.144. The summed E-state index contributed by atoms with van der Waals surface area (Å²) >= 11 is 0. The number of rotatable bonds is 38. The van der Waals surface area contributed by atoms with Crippen molar-refractivity contribution in [3.05, 3.63) is 18.7 Å². The van der Waals surface area contributed by atoms with Crippen LogP contribution in [-0.4, -0.2) is 96.7 Å². The molecule has 0 fully saturated rings. The molecule has 2 unspecified atom stereocenters. The quantitative estimate of drug-likeness (QED) is 0.0376. The van der Waals surface area contributed by atoms with Crippen LogP contribution in [0.5, 0.6) is 0 Å². The van der Waals surface area contributed by atoms with Crippen molar-refractivity contribution in [2.45, 2.75) is 194 Å². The molecule has 57 heavy (non-hydrogen) atoms. The highest BCUT2D eigenvalue weighted by Gasteiger charge is 2.15. The Kier molecular flexibility index (Phi) is 33.5. The van der Waals surface area contributed by atoms with Gasteiger partial charge >= 0.3 is 24.1 Å². The standard InChI is InChI=1S/C44H81N5O8/c1-5-9-11-13-15-17-24-39(7-3)56-43(52)46-28-19-21-36-54-41(50)26-33-48(31-23-32-49-35-30-45-38-49)34-27-42(51)55-37-22-20-29-47-44(53)57-40(8-4)25-18-16-14-12-10-6-2/h30,35,38-40H,5-29,31-34,36-37H2,1-4H3,(H,46,52)(H,47,53). The molecule has 1 heterocycles. The maximum Gasteiger partial charge on any atom is 0.407 e. The molecule has 13 heteroatoms. The van der Waals surface area contributed by atoms with E-state index < -0.39 is 0 Å². The summed E-state index contributed by atoms with van der Waals surface area (Å²) in [5.41, 5.74) is 0. The van der Waals surface area contributed by atoms with Crippen LogP contribution in [0.1, 0.15) is 175 Å². The Morgan fingerprint density at radius 2 is 1.07 bits per heavy atom. The molecule has 0 saturated carbocycles. The summed E-state index contributed by atoms with van der Waals surface area (Å²) in [6.07, 6.45) is 26.5. The van der Waals surface area contributed by atoms with E-state index in [1.807, 2.05) is 24.6 Å². The summed E-state index contributed by atoms with van der Waals surface area (Å²) in [6.45, 7) is 12.5. The van der Waals surface area contributed by atoms with E-state index in [0.29, 0.717) is 58.4 Å². The van der Waals surface area contributed by atoms with Gasteiger partial charge in [0, 0.05) is 45.1 Å². The number of hydrogen-bond donors (Lipinski definition) is 2. The van der Waals surface area contributed by atoms with Crippen molar-refractivity contribution in [3.8, 4) is 0 Å². The number of nitrogens with one attached hydrogen (secondary N) is 2. The van der Waals surface area contributed by atoms with Crippen molar-refractivity contribution in [2.75, 3.05) is 45.9 Å². The first-order valence-electron chi connectivity index (χ1n) is 22.7. The van der Waals surface area contributed by atoms with Crippen LogP contribution in [0, 0.1) is 0 Å². The third kappa shape index (κ3) is 31.3. The van der Waals surface area contributed by atoms with E-state index in [-0.39, 0.29) is 62.4 Å². The third-order valence-electron chi connectivity index (χ3n) is 10.1. The topological polar surface area (TPSA) is 150 Å². The molecule has 2 atom stereocenters. The zero-order chi connectivity index (χ0) is 41.6. The minimum atomic E-state index is -0.382. The summed E-state index contributed by atoms with van der Waals surface area (Å²) < 4.78 is 24.1. The lowest BCUT2D eigenvalue weighted by atomic mass is 10.1. The van der Waals surface area contributed by atoms with Crippen LogP contribution in [0.4, 0.5) is 9.59 Å². The van der Waals surface area contributed by atoms with Gasteiger partial charge in [-0.3, -0.25) is 9.59 Å². The zero-order valence-electron chi connectivity index (χ0n) is 36.4. The summed E-state index contributed by atoms with van der Waals surface area (Å²) in [4.78, 5) is 55.7. The van der Waals surface area contributed by atoms with Gasteiger partial charge in [-0.1, -0.05) is 91.9 Å². The second kappa shape index (κ2) is 37.0. The maximum atomic E-state index is 12.5. The van der Waals surface area contributed by atoms with Crippen LogP contribution >= 0.6 is 0 Å². The Hall–Kier alpha value is -3.35. The Morgan fingerprint density at radius 3 is 1.51 bits per heavy atom. The number of aryl methyl sites for hydroxylation is 1. The molecule has 0 aromatic carbocycles. The molecule has 0 radical (unpaired) electrons. The van der Waals surface area contributed by atoms with Gasteiger partial charge in [0.25, 0.3) is 0 Å². The fourth-order valence-corrected chi connectivity index (χ4v) is 6.47. The van der Waals surface area contributed by atoms with Gasteiger partial charge in [-0.15, -0.1) is 0 Å². The predicted molar refractivity (Wildman–Crippen MR) is 226 cm³/mol. The van der Waals surface area contributed by atoms with E-state index in [0.717, 1.165) is 51.5 Å². The summed E-state index contributed by atoms with van der Waals surface area (Å²) in [5, 5.41) is 5.64. The number of hydrogen-bond acceptors (Lipinski definition) is 10. The molecular formula is C44H81N5O8. The Labute approximate surface area is 345 Å². The zero-order valence-corrected chi connectivity index (χ0v) is 36.4. The Balaban J connectivity index is 2.25. The van der Waals surface area contributed by atoms with Gasteiger partial charge < -0.3 is 39.0 Å². The van der Waals surface area contributed by atoms with Gasteiger partial charge in [0.1, 0.15) is 12.2 Å². The van der Waals surface area contributed by atoms with Gasteiger partial charge in [-0.05, 0) is 77.2 Å². The van der Waals surface area contributed by atoms with E-state index in [2.05, 4.69) is 34.4 Å². The van der Waals surface area contributed by atoms with Crippen molar-refractivity contribution < 1.29 is 38.1 Å². The minimum Gasteiger partial charge on any atom is -0.466 e. The Bertz CT molecular complexity index is 1060. The first kappa shape index (κ1) is 51.7. The highest BCUT2D eigenvalue weighted by molar-refractivity contribution is 5.70. The lowest BCUT2D eigenvalue weighted by Gasteiger charge is -2.21. The number of amides is 2. The van der Waals surface area contributed by atoms with Crippen molar-refractivity contribution in [1.82, 2.24) is 25.1 Å². The predicted octanol–water partition coefficient (Wildman–Crippen LogP) is 9.51. The average molecular weight is 808 g/mol. The van der Waals surface area contributed by atoms with E-state index in [9.17, 15) is 19.2 Å². The number of carbonyl (C=O) groups excluding carboxylic acids is 4. The molecular weight excluding hydrogens is 727 g/mol. The van der Waals surface area contributed by atoms with Crippen LogP contribution in [0.15, 0.2) is 18.7 Å². The SMILES string of the molecule is CCCCCCCCC(CC)OC(=O)NCCCCOC(=O)CCN(CCCn1ccnc1)CCC(=O)OCCCCNC(=O)OC(CC)CCCCCCCC. The smallest absolute Gasteiger partial charge is 0.407 e. The Morgan fingerprint density at radius 1 is 0.596 bits per heavy atom. The number of imidazole rings is 1. The molecule has 0 aliphatic heterocycles. The number of carbonyl (C=O) groups is 4. The number of esters is 2. The third-order valence-corrected chi connectivity index (χ3v) is 10.1. The molecule has 0 spiro atoms. The summed E-state index contributed by atoms with van der Waals surface area (Å²) in [5.74, 6) is -0.573. The van der Waals surface area contributed by atoms with E-state index in [1.54, 1.807) is 12.5 Å². The highest BCUT2D eigenvalue weighted by Crippen LogP contribution is 2.14. The monoisotopic (exact) mass is 808 g/mol. The first-order chi connectivity index (χ1) is 27.8. The van der Waals surface area contributed by atoms with Crippen LogP contribution in [0.2, 0.25) is 0 Å². The number of nitrogens with zero attached hydrogens (tertiary/aromatic N) is 3. The van der Waals surface area contributed by atoms with Gasteiger partial charge in [0.2, 0.25) is 0 Å². The number of alkyl carbamates (subject to hydrolysis) is 2. The maximum absolute atomic E-state index is 12.5. The summed E-state index contributed by atoms with van der Waals surface area (Å²) in [7, 11) is 0. The molecule has 0 aliphatic carbocycles. The average Bonchev–Trinajstić information content (AvgIpc) is 3.73. The minimum absolute atomic E-state index is 0.0517. The highest BCUT2D eigenvalue weighted by atomic mass is 16.6. The lowest BCUT2D eigenvalue weighted by Crippen LogP contribution is -2.31. The van der Waals surface area contributed by atoms with E-state index in [1.165, 1.54) is 64.2 Å². The number of aromatic nitrogens is 2. The van der Waals surface area contributed by atoms with Crippen molar-refractivity contribution in [3.63, 3.8) is 0 Å². The molecule has 0 saturated heterocycles. The van der Waals surface area contributed by atoms with Gasteiger partial charge in [-0.2, -0.15) is 0 Å². The molecule has 0 bridgehead atoms. The fourth-order valence-electron chi connectivity index (χ4n) is 6.47. The van der Waals surface area contributed by atoms with Crippen molar-refractivity contribution >= 4 is 24.1 Å². The summed E-state index contributed by atoms with van der Waals surface area (Å²) in [6, 6.07) is 0. The van der Waals surface area contributed by atoms with E-state index in [4.69, 9.17) is 18.9 Å². The van der Waals surface area contributed by atoms with Crippen molar-refractivity contribution in [1.29, 1.82) is 0 Å². The van der Waals surface area contributed by atoms with Crippen LogP contribution in [0.25, 0.3) is 0 Å². The second-order valence-corrected chi connectivity index (χ2v) is 15.2. The molecule has 0 aliphatic rings. The van der Waals surface area contributed by atoms with E-state index >= 15 is 0 Å². The molecule has 2 N–H and O–H groups in total. The van der Waals surface area contributed by atoms with Crippen molar-refractivity contribution in [2.24, 2.45) is 0 Å². The first-order valence-corrected chi connectivity index (χ1v) is 22.7. The molecule has 1 rings (SSSR count). The fraction of sp³-hybridized carbons (Fsp3) is 0.841. The number of ether oxygens (including phenoxy) is 4. The molecule has 330 valence electrons. The normalized spacial score (nSPS) is 12.2. The number of unbranched alkanes of at least 4 members (excludes halogenated alkanes) is 12. The van der Waals surface area contributed by atoms with Gasteiger partial charge in [0.05, 0.1) is 32.4 Å². The van der Waals surface area contributed by atoms with Crippen LogP contribution in [0.3, 0.4) is 0 Å². The van der Waals surface area contributed by atoms with Gasteiger partial charge in [0.15, 0.2) is 0 Å². The second-order valence-electron chi connectivity index (χ2n) is 15.2. The largest absolute Gasteiger partial charge is 0.466 e. The molecule has 1 aromatic heterocycles. The van der Waals surface area contributed by atoms with Gasteiger partial charge in [-0.25, -0.2) is 14.6 Å². The molecule has 2 amide bonds. The molecule has 13 nitrogen and oxygen atoms in total.